The molecule has 172 valence electrons. The van der Waals surface area contributed by atoms with E-state index in [0.717, 1.165) is 37.9 Å². The molecule has 0 aromatic heterocycles. The molecule has 0 saturated carbocycles. The van der Waals surface area contributed by atoms with Gasteiger partial charge in [-0.15, -0.1) is 0 Å². The third kappa shape index (κ3) is 4.69. The Labute approximate surface area is 191 Å². The number of anilines is 1. The van der Waals surface area contributed by atoms with E-state index in [1.807, 2.05) is 19.1 Å². The first-order valence-electron chi connectivity index (χ1n) is 11.6. The topological polar surface area (TPSA) is 60.9 Å². The molecule has 0 N–H and O–H groups in total. The van der Waals surface area contributed by atoms with E-state index in [1.165, 1.54) is 24.6 Å². The van der Waals surface area contributed by atoms with Crippen LogP contribution in [-0.4, -0.2) is 56.3 Å². The van der Waals surface area contributed by atoms with E-state index in [0.29, 0.717) is 18.7 Å². The lowest BCUT2D eigenvalue weighted by Gasteiger charge is -2.32. The van der Waals surface area contributed by atoms with Gasteiger partial charge in [-0.3, -0.25) is 4.79 Å². The molecule has 6 nitrogen and oxygen atoms in total. The van der Waals surface area contributed by atoms with E-state index in [4.69, 9.17) is 0 Å². The molecule has 2 fully saturated rings. The fourth-order valence-corrected chi connectivity index (χ4v) is 6.56. The zero-order valence-electron chi connectivity index (χ0n) is 19.0. The second-order valence-corrected chi connectivity index (χ2v) is 10.9. The normalized spacial score (nSPS) is 19.8. The first-order valence-corrected chi connectivity index (χ1v) is 13.0. The zero-order valence-corrected chi connectivity index (χ0v) is 19.9. The highest BCUT2D eigenvalue weighted by atomic mass is 32.2. The summed E-state index contributed by atoms with van der Waals surface area (Å²) >= 11 is 0. The third-order valence-corrected chi connectivity index (χ3v) is 8.63. The summed E-state index contributed by atoms with van der Waals surface area (Å²) in [5.41, 5.74) is 2.69. The Kier molecular flexibility index (Phi) is 6.86. The van der Waals surface area contributed by atoms with Crippen LogP contribution in [-0.2, 0) is 16.6 Å². The van der Waals surface area contributed by atoms with E-state index in [1.54, 1.807) is 34.5 Å². The number of sulfonamides is 1. The highest BCUT2D eigenvalue weighted by molar-refractivity contribution is 7.89. The minimum atomic E-state index is -3.61. The molecule has 0 bridgehead atoms. The molecule has 1 atom stereocenters. The number of hydrogen-bond acceptors (Lipinski definition) is 4. The van der Waals surface area contributed by atoms with Crippen molar-refractivity contribution < 1.29 is 13.2 Å². The molecular formula is C25H33N3O3S. The fraction of sp³-hybridized carbons (Fsp3) is 0.480. The van der Waals surface area contributed by atoms with Gasteiger partial charge in [-0.25, -0.2) is 8.42 Å². The van der Waals surface area contributed by atoms with Gasteiger partial charge in [0.2, 0.25) is 10.0 Å². The van der Waals surface area contributed by atoms with Crippen molar-refractivity contribution >= 4 is 21.6 Å². The highest BCUT2D eigenvalue weighted by Gasteiger charge is 2.31. The number of para-hydroxylation sites is 1. The lowest BCUT2D eigenvalue weighted by Crippen LogP contribution is -2.42. The number of hydrogen-bond donors (Lipinski definition) is 0. The first kappa shape index (κ1) is 22.8. The van der Waals surface area contributed by atoms with Crippen molar-refractivity contribution in [2.45, 2.75) is 56.5 Å². The maximum atomic E-state index is 13.2. The second-order valence-electron chi connectivity index (χ2n) is 8.97. The predicted octanol–water partition coefficient (Wildman–Crippen LogP) is 4.12. The predicted molar refractivity (Wildman–Crippen MR) is 127 cm³/mol. The van der Waals surface area contributed by atoms with E-state index >= 15 is 0 Å². The molecule has 32 heavy (non-hydrogen) atoms. The van der Waals surface area contributed by atoms with Crippen LogP contribution in [0.2, 0.25) is 0 Å². The molecule has 1 amide bonds. The second kappa shape index (κ2) is 9.63. The van der Waals surface area contributed by atoms with Crippen LogP contribution >= 0.6 is 0 Å². The fourth-order valence-electron chi connectivity index (χ4n) is 4.81. The average Bonchev–Trinajstić information content (AvgIpc) is 3.34. The molecule has 2 aliphatic heterocycles. The van der Waals surface area contributed by atoms with Gasteiger partial charge in [-0.1, -0.05) is 30.7 Å². The van der Waals surface area contributed by atoms with Gasteiger partial charge in [0, 0.05) is 50.5 Å². The van der Waals surface area contributed by atoms with Crippen LogP contribution in [0.4, 0.5) is 5.69 Å². The minimum Gasteiger partial charge on any atom is -0.371 e. The number of rotatable bonds is 6. The quantitative estimate of drug-likeness (QED) is 0.657. The molecular weight excluding hydrogens is 422 g/mol. The van der Waals surface area contributed by atoms with Crippen molar-refractivity contribution in [3.8, 4) is 0 Å². The van der Waals surface area contributed by atoms with Crippen LogP contribution in [0.1, 0.15) is 54.9 Å². The van der Waals surface area contributed by atoms with Gasteiger partial charge in [-0.05, 0) is 62.4 Å². The van der Waals surface area contributed by atoms with Crippen molar-refractivity contribution in [3.05, 3.63) is 59.7 Å². The zero-order chi connectivity index (χ0) is 22.7. The summed E-state index contributed by atoms with van der Waals surface area (Å²) < 4.78 is 28.0. The van der Waals surface area contributed by atoms with Gasteiger partial charge < -0.3 is 9.80 Å². The summed E-state index contributed by atoms with van der Waals surface area (Å²) in [5, 5.41) is 0. The summed E-state index contributed by atoms with van der Waals surface area (Å²) in [4.78, 5) is 17.4. The summed E-state index contributed by atoms with van der Waals surface area (Å²) in [7, 11) is -1.84. The van der Waals surface area contributed by atoms with Gasteiger partial charge >= 0.3 is 0 Å². The number of nitrogens with zero attached hydrogens (tertiary/aromatic N) is 3. The maximum absolute atomic E-state index is 13.2. The number of carbonyl (C=O) groups excluding carboxylic acids is 1. The lowest BCUT2D eigenvalue weighted by atomic mass is 10.1. The smallest absolute Gasteiger partial charge is 0.253 e. The molecule has 2 heterocycles. The largest absolute Gasteiger partial charge is 0.371 e. The van der Waals surface area contributed by atoms with Crippen LogP contribution in [0.15, 0.2) is 53.4 Å². The Morgan fingerprint density at radius 2 is 1.72 bits per heavy atom. The Balaban J connectivity index is 1.53. The third-order valence-electron chi connectivity index (χ3n) is 6.62. The summed E-state index contributed by atoms with van der Waals surface area (Å²) in [6.45, 7) is 5.06. The molecule has 0 spiro atoms. The van der Waals surface area contributed by atoms with Crippen molar-refractivity contribution in [2.24, 2.45) is 0 Å². The lowest BCUT2D eigenvalue weighted by molar-refractivity contribution is 0.0785. The molecule has 2 saturated heterocycles. The number of amides is 1. The van der Waals surface area contributed by atoms with E-state index in [9.17, 15) is 13.2 Å². The Hall–Kier alpha value is -2.38. The number of benzene rings is 2. The van der Waals surface area contributed by atoms with Gasteiger partial charge in [-0.2, -0.15) is 4.31 Å². The number of carbonyl (C=O) groups is 1. The van der Waals surface area contributed by atoms with Crippen molar-refractivity contribution in [3.63, 3.8) is 0 Å². The first-order chi connectivity index (χ1) is 15.4. The summed E-state index contributed by atoms with van der Waals surface area (Å²) in [5.74, 6) is -0.176. The van der Waals surface area contributed by atoms with E-state index in [2.05, 4.69) is 17.0 Å². The van der Waals surface area contributed by atoms with Crippen molar-refractivity contribution in [1.29, 1.82) is 0 Å². The molecule has 4 rings (SSSR count). The van der Waals surface area contributed by atoms with Gasteiger partial charge in [0.25, 0.3) is 5.91 Å². The van der Waals surface area contributed by atoms with E-state index in [-0.39, 0.29) is 16.8 Å². The minimum absolute atomic E-state index is 0.0159. The van der Waals surface area contributed by atoms with Crippen LogP contribution in [0.3, 0.4) is 0 Å². The average molecular weight is 456 g/mol. The number of piperidine rings is 1. The summed E-state index contributed by atoms with van der Waals surface area (Å²) in [6.07, 6.45) is 5.19. The highest BCUT2D eigenvalue weighted by Crippen LogP contribution is 2.27. The van der Waals surface area contributed by atoms with Crippen molar-refractivity contribution in [2.75, 3.05) is 31.6 Å². The van der Waals surface area contributed by atoms with Gasteiger partial charge in [0.1, 0.15) is 0 Å². The van der Waals surface area contributed by atoms with Crippen LogP contribution in [0, 0.1) is 0 Å². The van der Waals surface area contributed by atoms with Gasteiger partial charge in [0.15, 0.2) is 0 Å². The van der Waals surface area contributed by atoms with Crippen LogP contribution in [0.25, 0.3) is 0 Å². The molecule has 1 unspecified atom stereocenters. The monoisotopic (exact) mass is 455 g/mol. The SMILES string of the molecule is CC1CCCCN1S(=O)(=O)c1cccc(C(=O)N(C)Cc2ccccc2N2CCCC2)c1. The molecule has 7 heteroatoms. The Morgan fingerprint density at radius 3 is 2.47 bits per heavy atom. The molecule has 2 aliphatic rings. The molecule has 2 aromatic rings. The Morgan fingerprint density at radius 1 is 1.00 bits per heavy atom. The summed E-state index contributed by atoms with van der Waals surface area (Å²) in [6, 6.07) is 14.7. The maximum Gasteiger partial charge on any atom is 0.253 e. The van der Waals surface area contributed by atoms with Crippen LogP contribution in [0.5, 0.6) is 0 Å². The van der Waals surface area contributed by atoms with E-state index < -0.39 is 10.0 Å². The molecule has 0 radical (unpaired) electrons. The van der Waals surface area contributed by atoms with Gasteiger partial charge in [0.05, 0.1) is 4.90 Å². The molecule has 0 aliphatic carbocycles. The van der Waals surface area contributed by atoms with Crippen molar-refractivity contribution in [1.82, 2.24) is 9.21 Å². The van der Waals surface area contributed by atoms with Crippen LogP contribution < -0.4 is 4.90 Å². The molecule has 2 aromatic carbocycles. The Bertz CT molecular complexity index is 1060. The standard InChI is InChI=1S/C25H33N3O3S/c1-20-10-5-6-17-28(20)32(30,31)23-13-9-12-21(18-23)25(29)26(2)19-22-11-3-4-14-24(22)27-15-7-8-16-27/h3-4,9,11-14,18,20H,5-8,10,15-17,19H2,1-2H3.